The van der Waals surface area contributed by atoms with Crippen LogP contribution in [-0.2, 0) is 19.3 Å². The van der Waals surface area contributed by atoms with Crippen molar-refractivity contribution in [3.8, 4) is 5.75 Å². The SMILES string of the molecule is CCc1noc2ncc(C(=O)NCCc3ccc4c(c3)CCO4)cc12. The van der Waals surface area contributed by atoms with Crippen molar-refractivity contribution in [2.24, 2.45) is 0 Å². The molecule has 0 fully saturated rings. The van der Waals surface area contributed by atoms with E-state index in [0.717, 1.165) is 42.7 Å². The van der Waals surface area contributed by atoms with Crippen LogP contribution in [-0.4, -0.2) is 29.2 Å². The summed E-state index contributed by atoms with van der Waals surface area (Å²) in [6.45, 7) is 3.32. The first-order valence-corrected chi connectivity index (χ1v) is 8.51. The first-order valence-electron chi connectivity index (χ1n) is 8.51. The molecule has 0 aliphatic carbocycles. The largest absolute Gasteiger partial charge is 0.493 e. The molecule has 1 amide bonds. The fourth-order valence-electron chi connectivity index (χ4n) is 3.08. The van der Waals surface area contributed by atoms with Crippen LogP contribution in [0, 0.1) is 0 Å². The average Bonchev–Trinajstić information content (AvgIpc) is 3.26. The van der Waals surface area contributed by atoms with E-state index in [0.29, 0.717) is 17.8 Å². The van der Waals surface area contributed by atoms with E-state index in [1.54, 1.807) is 6.07 Å². The molecule has 128 valence electrons. The Labute approximate surface area is 145 Å². The number of hydrogen-bond donors (Lipinski definition) is 1. The molecule has 2 aromatic heterocycles. The maximum Gasteiger partial charge on any atom is 0.257 e. The van der Waals surface area contributed by atoms with Crippen LogP contribution in [0.15, 0.2) is 35.0 Å². The lowest BCUT2D eigenvalue weighted by atomic mass is 10.1. The Morgan fingerprint density at radius 1 is 1.32 bits per heavy atom. The molecular formula is C19H19N3O3. The molecule has 3 heterocycles. The first kappa shape index (κ1) is 15.6. The van der Waals surface area contributed by atoms with Gasteiger partial charge in [0.1, 0.15) is 5.75 Å². The monoisotopic (exact) mass is 337 g/mol. The molecule has 25 heavy (non-hydrogen) atoms. The summed E-state index contributed by atoms with van der Waals surface area (Å²) in [4.78, 5) is 16.5. The summed E-state index contributed by atoms with van der Waals surface area (Å²) >= 11 is 0. The number of carbonyl (C=O) groups excluding carboxylic acids is 1. The lowest BCUT2D eigenvalue weighted by Crippen LogP contribution is -2.25. The van der Waals surface area contributed by atoms with Crippen LogP contribution >= 0.6 is 0 Å². The first-order chi connectivity index (χ1) is 12.2. The van der Waals surface area contributed by atoms with Crippen LogP contribution in [0.2, 0.25) is 0 Å². The lowest BCUT2D eigenvalue weighted by molar-refractivity contribution is 0.0954. The van der Waals surface area contributed by atoms with Crippen molar-refractivity contribution in [3.63, 3.8) is 0 Å². The van der Waals surface area contributed by atoms with Crippen LogP contribution < -0.4 is 10.1 Å². The van der Waals surface area contributed by atoms with Gasteiger partial charge in [-0.25, -0.2) is 4.98 Å². The van der Waals surface area contributed by atoms with Crippen LogP contribution in [0.4, 0.5) is 0 Å². The van der Waals surface area contributed by atoms with E-state index in [9.17, 15) is 4.79 Å². The molecule has 6 nitrogen and oxygen atoms in total. The van der Waals surface area contributed by atoms with E-state index < -0.39 is 0 Å². The molecule has 0 unspecified atom stereocenters. The molecular weight excluding hydrogens is 318 g/mol. The quantitative estimate of drug-likeness (QED) is 0.774. The minimum absolute atomic E-state index is 0.137. The third-order valence-electron chi connectivity index (χ3n) is 4.45. The molecule has 0 radical (unpaired) electrons. The standard InChI is InChI=1S/C19H19N3O3/c1-2-16-15-10-14(11-21-19(15)25-22-16)18(23)20-7-5-12-3-4-17-13(9-12)6-8-24-17/h3-4,9-11H,2,5-8H2,1H3,(H,20,23). The molecule has 3 aromatic rings. The lowest BCUT2D eigenvalue weighted by Gasteiger charge is -2.07. The zero-order valence-corrected chi connectivity index (χ0v) is 14.0. The fraction of sp³-hybridized carbons (Fsp3) is 0.316. The number of nitrogens with zero attached hydrogens (tertiary/aromatic N) is 2. The van der Waals surface area contributed by atoms with Gasteiger partial charge in [0.2, 0.25) is 0 Å². The summed E-state index contributed by atoms with van der Waals surface area (Å²) in [5.74, 6) is 0.842. The van der Waals surface area contributed by atoms with E-state index in [1.807, 2.05) is 13.0 Å². The van der Waals surface area contributed by atoms with E-state index in [1.165, 1.54) is 17.3 Å². The Balaban J connectivity index is 1.40. The molecule has 4 rings (SSSR count). The number of nitrogens with one attached hydrogen (secondary N) is 1. The molecule has 0 saturated heterocycles. The molecule has 1 aliphatic rings. The number of ether oxygens (including phenoxy) is 1. The minimum atomic E-state index is -0.137. The highest BCUT2D eigenvalue weighted by molar-refractivity contribution is 5.96. The number of fused-ring (bicyclic) bond motifs is 2. The Hall–Kier alpha value is -2.89. The number of amides is 1. The van der Waals surface area contributed by atoms with Crippen molar-refractivity contribution in [1.82, 2.24) is 15.5 Å². The molecule has 6 heteroatoms. The van der Waals surface area contributed by atoms with Crippen LogP contribution in [0.5, 0.6) is 5.75 Å². The van der Waals surface area contributed by atoms with Crippen molar-refractivity contribution in [3.05, 3.63) is 52.8 Å². The number of rotatable bonds is 5. The van der Waals surface area contributed by atoms with Crippen molar-refractivity contribution >= 4 is 17.0 Å². The highest BCUT2D eigenvalue weighted by atomic mass is 16.5. The second-order valence-corrected chi connectivity index (χ2v) is 6.11. The van der Waals surface area contributed by atoms with Gasteiger partial charge < -0.3 is 14.6 Å². The molecule has 1 aromatic carbocycles. The molecule has 1 aliphatic heterocycles. The average molecular weight is 337 g/mol. The molecule has 0 spiro atoms. The van der Waals surface area contributed by atoms with Crippen molar-refractivity contribution in [2.75, 3.05) is 13.2 Å². The van der Waals surface area contributed by atoms with Crippen molar-refractivity contribution in [2.45, 2.75) is 26.2 Å². The Morgan fingerprint density at radius 2 is 2.24 bits per heavy atom. The maximum absolute atomic E-state index is 12.4. The van der Waals surface area contributed by atoms with Gasteiger partial charge in [0, 0.05) is 19.2 Å². The van der Waals surface area contributed by atoms with Gasteiger partial charge in [-0.2, -0.15) is 0 Å². The van der Waals surface area contributed by atoms with Gasteiger partial charge in [-0.15, -0.1) is 0 Å². The van der Waals surface area contributed by atoms with Gasteiger partial charge in [-0.1, -0.05) is 24.2 Å². The highest BCUT2D eigenvalue weighted by Crippen LogP contribution is 2.26. The van der Waals surface area contributed by atoms with Crippen molar-refractivity contribution < 1.29 is 14.1 Å². The number of pyridine rings is 1. The summed E-state index contributed by atoms with van der Waals surface area (Å²) < 4.78 is 10.7. The van der Waals surface area contributed by atoms with Gasteiger partial charge in [0.15, 0.2) is 0 Å². The van der Waals surface area contributed by atoms with E-state index in [4.69, 9.17) is 9.26 Å². The van der Waals surface area contributed by atoms with Gasteiger partial charge >= 0.3 is 0 Å². The molecule has 0 atom stereocenters. The zero-order chi connectivity index (χ0) is 17.2. The second kappa shape index (κ2) is 6.55. The molecule has 1 N–H and O–H groups in total. The summed E-state index contributed by atoms with van der Waals surface area (Å²) in [7, 11) is 0. The van der Waals surface area contributed by atoms with Crippen molar-refractivity contribution in [1.29, 1.82) is 0 Å². The third-order valence-corrected chi connectivity index (χ3v) is 4.45. The number of hydrogen-bond acceptors (Lipinski definition) is 5. The Bertz CT molecular complexity index is 933. The summed E-state index contributed by atoms with van der Waals surface area (Å²) in [5.41, 5.74) is 4.25. The Morgan fingerprint density at radius 3 is 3.12 bits per heavy atom. The number of carbonyl (C=O) groups is 1. The smallest absolute Gasteiger partial charge is 0.257 e. The second-order valence-electron chi connectivity index (χ2n) is 6.11. The van der Waals surface area contributed by atoms with E-state index in [2.05, 4.69) is 27.6 Å². The minimum Gasteiger partial charge on any atom is -0.493 e. The van der Waals surface area contributed by atoms with Gasteiger partial charge in [-0.05, 0) is 36.1 Å². The normalized spacial score (nSPS) is 12.8. The number of benzene rings is 1. The molecule has 0 saturated carbocycles. The number of aryl methyl sites for hydroxylation is 1. The zero-order valence-electron chi connectivity index (χ0n) is 14.0. The summed E-state index contributed by atoms with van der Waals surface area (Å²) in [6.07, 6.45) is 4.00. The van der Waals surface area contributed by atoms with Gasteiger partial charge in [0.25, 0.3) is 11.6 Å². The van der Waals surface area contributed by atoms with Crippen LogP contribution in [0.25, 0.3) is 11.1 Å². The summed E-state index contributed by atoms with van der Waals surface area (Å²) in [5, 5.41) is 7.71. The van der Waals surface area contributed by atoms with Crippen LogP contribution in [0.1, 0.15) is 34.1 Å². The highest BCUT2D eigenvalue weighted by Gasteiger charge is 2.14. The van der Waals surface area contributed by atoms with Crippen LogP contribution in [0.3, 0.4) is 0 Å². The third kappa shape index (κ3) is 3.07. The fourth-order valence-corrected chi connectivity index (χ4v) is 3.08. The topological polar surface area (TPSA) is 77.2 Å². The molecule has 0 bridgehead atoms. The maximum atomic E-state index is 12.4. The van der Waals surface area contributed by atoms with E-state index in [-0.39, 0.29) is 5.91 Å². The predicted molar refractivity (Wildman–Crippen MR) is 92.9 cm³/mol. The van der Waals surface area contributed by atoms with Gasteiger partial charge in [0.05, 0.1) is 23.3 Å². The van der Waals surface area contributed by atoms with E-state index >= 15 is 0 Å². The summed E-state index contributed by atoms with van der Waals surface area (Å²) in [6, 6.07) is 8.01. The Kier molecular flexibility index (Phi) is 4.09. The predicted octanol–water partition coefficient (Wildman–Crippen LogP) is 2.69. The van der Waals surface area contributed by atoms with Gasteiger partial charge in [-0.3, -0.25) is 4.79 Å². The number of aromatic nitrogens is 2.